The first-order valence-corrected chi connectivity index (χ1v) is 7.37. The van der Waals surface area contributed by atoms with Crippen LogP contribution < -0.4 is 11.1 Å². The highest BCUT2D eigenvalue weighted by atomic mass is 35.5. The zero-order chi connectivity index (χ0) is 13.8. The first-order valence-electron chi connectivity index (χ1n) is 7.37. The molecule has 0 aliphatic carbocycles. The summed E-state index contributed by atoms with van der Waals surface area (Å²) in [5.41, 5.74) is 9.98. The summed E-state index contributed by atoms with van der Waals surface area (Å²) < 4.78 is 0. The van der Waals surface area contributed by atoms with Gasteiger partial charge in [0.15, 0.2) is 0 Å². The van der Waals surface area contributed by atoms with Gasteiger partial charge in [0, 0.05) is 18.5 Å². The van der Waals surface area contributed by atoms with Crippen LogP contribution in [0.25, 0.3) is 0 Å². The smallest absolute Gasteiger partial charge is 0.0178 e. The van der Waals surface area contributed by atoms with Crippen LogP contribution in [0.3, 0.4) is 0 Å². The number of halogens is 1. The van der Waals surface area contributed by atoms with Crippen molar-refractivity contribution in [1.29, 1.82) is 0 Å². The van der Waals surface area contributed by atoms with Gasteiger partial charge in [-0.3, -0.25) is 0 Å². The quantitative estimate of drug-likeness (QED) is 0.911. The van der Waals surface area contributed by atoms with Gasteiger partial charge in [-0.05, 0) is 36.1 Å². The first-order chi connectivity index (χ1) is 9.82. The van der Waals surface area contributed by atoms with Crippen molar-refractivity contribution in [2.75, 3.05) is 13.1 Å². The summed E-state index contributed by atoms with van der Waals surface area (Å²) in [7, 11) is 0. The molecule has 2 aromatic rings. The van der Waals surface area contributed by atoms with Crippen molar-refractivity contribution >= 4 is 12.4 Å². The summed E-state index contributed by atoms with van der Waals surface area (Å²) in [4.78, 5) is 0. The van der Waals surface area contributed by atoms with E-state index in [4.69, 9.17) is 5.73 Å². The molecule has 3 heteroatoms. The van der Waals surface area contributed by atoms with Gasteiger partial charge in [0.05, 0.1) is 0 Å². The van der Waals surface area contributed by atoms with Crippen molar-refractivity contribution < 1.29 is 0 Å². The van der Waals surface area contributed by atoms with E-state index < -0.39 is 0 Å². The van der Waals surface area contributed by atoms with Crippen molar-refractivity contribution in [2.45, 2.75) is 24.8 Å². The van der Waals surface area contributed by atoms with E-state index in [0.29, 0.717) is 6.54 Å². The Kier molecular flexibility index (Phi) is 5.40. The number of nitrogens with two attached hydrogens (primary N) is 1. The lowest BCUT2D eigenvalue weighted by Crippen LogP contribution is -2.31. The van der Waals surface area contributed by atoms with E-state index in [9.17, 15) is 0 Å². The lowest BCUT2D eigenvalue weighted by molar-refractivity contribution is 0.467. The molecule has 112 valence electrons. The maximum absolute atomic E-state index is 5.70. The highest BCUT2D eigenvalue weighted by molar-refractivity contribution is 5.85. The zero-order valence-corrected chi connectivity index (χ0v) is 13.0. The second-order valence-electron chi connectivity index (χ2n) is 5.77. The minimum atomic E-state index is 0. The van der Waals surface area contributed by atoms with E-state index in [1.54, 1.807) is 0 Å². The van der Waals surface area contributed by atoms with Gasteiger partial charge in [0.2, 0.25) is 0 Å². The number of hydrogen-bond donors (Lipinski definition) is 2. The van der Waals surface area contributed by atoms with E-state index in [1.165, 1.54) is 23.1 Å². The Labute approximate surface area is 133 Å². The predicted molar refractivity (Wildman–Crippen MR) is 90.9 cm³/mol. The fourth-order valence-corrected chi connectivity index (χ4v) is 3.22. The van der Waals surface area contributed by atoms with E-state index in [-0.39, 0.29) is 17.8 Å². The molecule has 0 spiro atoms. The monoisotopic (exact) mass is 302 g/mol. The van der Waals surface area contributed by atoms with Crippen molar-refractivity contribution in [1.82, 2.24) is 5.32 Å². The largest absolute Gasteiger partial charge is 0.326 e. The number of nitrogens with one attached hydrogen (secondary N) is 1. The van der Waals surface area contributed by atoms with Crippen LogP contribution in [0.2, 0.25) is 0 Å². The molecule has 2 aromatic carbocycles. The van der Waals surface area contributed by atoms with E-state index in [1.807, 2.05) is 0 Å². The summed E-state index contributed by atoms with van der Waals surface area (Å²) in [5.74, 6) is 0. The summed E-state index contributed by atoms with van der Waals surface area (Å²) in [6.45, 7) is 2.78. The van der Waals surface area contributed by atoms with Crippen LogP contribution in [0, 0.1) is 0 Å². The zero-order valence-electron chi connectivity index (χ0n) is 12.2. The van der Waals surface area contributed by atoms with Crippen LogP contribution in [0.1, 0.15) is 23.1 Å². The van der Waals surface area contributed by atoms with Gasteiger partial charge in [0.1, 0.15) is 0 Å². The molecule has 2 nitrogen and oxygen atoms in total. The van der Waals surface area contributed by atoms with Crippen molar-refractivity contribution in [3.05, 3.63) is 71.3 Å². The summed E-state index contributed by atoms with van der Waals surface area (Å²) >= 11 is 0. The van der Waals surface area contributed by atoms with Crippen LogP contribution in [-0.2, 0) is 18.4 Å². The van der Waals surface area contributed by atoms with E-state index in [0.717, 1.165) is 19.5 Å². The lowest BCUT2D eigenvalue weighted by atomic mass is 9.75. The highest BCUT2D eigenvalue weighted by Gasteiger charge is 2.35. The molecule has 1 heterocycles. The van der Waals surface area contributed by atoms with Gasteiger partial charge >= 0.3 is 0 Å². The first kappa shape index (κ1) is 16.0. The molecule has 1 unspecified atom stereocenters. The molecule has 1 aliphatic rings. The second kappa shape index (κ2) is 7.08. The third kappa shape index (κ3) is 3.46. The molecule has 0 aromatic heterocycles. The fraction of sp³-hybridized carbons (Fsp3) is 0.333. The normalized spacial score (nSPS) is 21.0. The Morgan fingerprint density at radius 1 is 0.952 bits per heavy atom. The Hall–Kier alpha value is -1.35. The lowest BCUT2D eigenvalue weighted by Gasteiger charge is -2.29. The molecule has 3 N–H and O–H groups in total. The SMILES string of the molecule is Cl.NCc1ccc(C2(Cc3ccccc3)CCNC2)cc1. The Morgan fingerprint density at radius 3 is 2.24 bits per heavy atom. The van der Waals surface area contributed by atoms with Crippen LogP contribution in [0.4, 0.5) is 0 Å². The average Bonchev–Trinajstić information content (AvgIpc) is 2.98. The molecule has 3 rings (SSSR count). The van der Waals surface area contributed by atoms with Gasteiger partial charge in [-0.1, -0.05) is 54.6 Å². The van der Waals surface area contributed by atoms with Crippen LogP contribution in [-0.4, -0.2) is 13.1 Å². The minimum absolute atomic E-state index is 0. The second-order valence-corrected chi connectivity index (χ2v) is 5.77. The van der Waals surface area contributed by atoms with Crippen molar-refractivity contribution in [3.8, 4) is 0 Å². The van der Waals surface area contributed by atoms with Gasteiger partial charge in [-0.25, -0.2) is 0 Å². The third-order valence-corrected chi connectivity index (χ3v) is 4.43. The van der Waals surface area contributed by atoms with Gasteiger partial charge in [-0.2, -0.15) is 0 Å². The third-order valence-electron chi connectivity index (χ3n) is 4.43. The molecule has 1 saturated heterocycles. The molecule has 21 heavy (non-hydrogen) atoms. The van der Waals surface area contributed by atoms with E-state index in [2.05, 4.69) is 59.9 Å². The molecule has 0 amide bonds. The van der Waals surface area contributed by atoms with Crippen LogP contribution in [0.5, 0.6) is 0 Å². The predicted octanol–water partition coefficient (Wildman–Crippen LogP) is 3.04. The Morgan fingerprint density at radius 2 is 1.67 bits per heavy atom. The average molecular weight is 303 g/mol. The van der Waals surface area contributed by atoms with Crippen molar-refractivity contribution in [3.63, 3.8) is 0 Å². The Balaban J connectivity index is 0.00000161. The molecule has 1 fully saturated rings. The molecule has 1 atom stereocenters. The van der Waals surface area contributed by atoms with E-state index >= 15 is 0 Å². The molecular formula is C18H23ClN2. The summed E-state index contributed by atoms with van der Waals surface area (Å²) in [5, 5.41) is 3.54. The topological polar surface area (TPSA) is 38.0 Å². The molecule has 0 radical (unpaired) electrons. The molecule has 0 saturated carbocycles. The number of benzene rings is 2. The fourth-order valence-electron chi connectivity index (χ4n) is 3.22. The standard InChI is InChI=1S/C18H22N2.ClH/c19-13-16-6-8-17(9-7-16)18(10-11-20-14-18)12-15-4-2-1-3-5-15;/h1-9,20H,10-14,19H2;1H. The highest BCUT2D eigenvalue weighted by Crippen LogP contribution is 2.34. The van der Waals surface area contributed by atoms with Crippen LogP contribution in [0.15, 0.2) is 54.6 Å². The van der Waals surface area contributed by atoms with Gasteiger partial charge < -0.3 is 11.1 Å². The number of rotatable bonds is 4. The summed E-state index contributed by atoms with van der Waals surface area (Å²) in [6, 6.07) is 19.7. The van der Waals surface area contributed by atoms with Gasteiger partial charge in [-0.15, -0.1) is 12.4 Å². The molecular weight excluding hydrogens is 280 g/mol. The maximum Gasteiger partial charge on any atom is 0.0178 e. The van der Waals surface area contributed by atoms with Gasteiger partial charge in [0.25, 0.3) is 0 Å². The summed E-state index contributed by atoms with van der Waals surface area (Å²) in [6.07, 6.45) is 2.30. The minimum Gasteiger partial charge on any atom is -0.326 e. The molecule has 1 aliphatic heterocycles. The van der Waals surface area contributed by atoms with Crippen molar-refractivity contribution in [2.24, 2.45) is 5.73 Å². The maximum atomic E-state index is 5.70. The Bertz CT molecular complexity index is 545. The number of hydrogen-bond acceptors (Lipinski definition) is 2. The van der Waals surface area contributed by atoms with Crippen LogP contribution >= 0.6 is 12.4 Å². The molecule has 0 bridgehead atoms.